The van der Waals surface area contributed by atoms with Gasteiger partial charge < -0.3 is 25.5 Å². The van der Waals surface area contributed by atoms with Gasteiger partial charge in [0.1, 0.15) is 6.04 Å². The lowest BCUT2D eigenvalue weighted by Crippen LogP contribution is -2.54. The first-order valence-corrected chi connectivity index (χ1v) is 19.2. The second-order valence-electron chi connectivity index (χ2n) is 14.7. The first-order chi connectivity index (χ1) is 27.6. The summed E-state index contributed by atoms with van der Waals surface area (Å²) in [6.45, 7) is 7.59. The lowest BCUT2D eigenvalue weighted by atomic mass is 9.98. The lowest BCUT2D eigenvalue weighted by molar-refractivity contribution is -0.136. The number of nitrogens with one attached hydrogen (secondary N) is 5. The third-order valence-corrected chi connectivity index (χ3v) is 10.9. The molecule has 5 heterocycles. The number of amides is 5. The predicted molar refractivity (Wildman–Crippen MR) is 214 cm³/mol. The zero-order valence-corrected chi connectivity index (χ0v) is 31.7. The summed E-state index contributed by atoms with van der Waals surface area (Å²) in [5.41, 5.74) is 7.69. The van der Waals surface area contributed by atoms with Gasteiger partial charge >= 0.3 is 0 Å². The minimum Gasteiger partial charge on any atom is -0.384 e. The molecule has 8 rings (SSSR count). The highest BCUT2D eigenvalue weighted by atomic mass is 16.2. The first kappa shape index (κ1) is 37.3. The number of benzene rings is 3. The molecule has 2 saturated heterocycles. The summed E-state index contributed by atoms with van der Waals surface area (Å²) in [5.74, 6) is -1.61. The zero-order chi connectivity index (χ0) is 39.8. The largest absolute Gasteiger partial charge is 0.384 e. The third kappa shape index (κ3) is 7.29. The number of hydrogen-bond donors (Lipinski definition) is 5. The van der Waals surface area contributed by atoms with E-state index in [9.17, 15) is 28.8 Å². The van der Waals surface area contributed by atoms with Crippen molar-refractivity contribution in [1.82, 2.24) is 35.4 Å². The Balaban J connectivity index is 0.816. The van der Waals surface area contributed by atoms with Gasteiger partial charge in [-0.1, -0.05) is 36.4 Å². The van der Waals surface area contributed by atoms with Crippen LogP contribution in [-0.2, 0) is 14.4 Å². The van der Waals surface area contributed by atoms with E-state index < -0.39 is 29.7 Å². The normalized spacial score (nSPS) is 17.3. The Hall–Kier alpha value is -6.61. The summed E-state index contributed by atoms with van der Waals surface area (Å²) in [5, 5.41) is 8.40. The van der Waals surface area contributed by atoms with Crippen molar-refractivity contribution in [2.75, 3.05) is 56.0 Å². The molecule has 0 bridgehead atoms. The van der Waals surface area contributed by atoms with Gasteiger partial charge in [0.05, 0.1) is 34.4 Å². The summed E-state index contributed by atoms with van der Waals surface area (Å²) in [4.78, 5) is 93.1. The van der Waals surface area contributed by atoms with Crippen molar-refractivity contribution < 1.29 is 28.8 Å². The number of ketones is 1. The average molecular weight is 770 g/mol. The van der Waals surface area contributed by atoms with Gasteiger partial charge in [-0.3, -0.25) is 43.9 Å². The van der Waals surface area contributed by atoms with E-state index in [-0.39, 0.29) is 42.2 Å². The molecule has 0 spiro atoms. The standard InChI is InChI=1S/C42H43N9O6/c1-24-35(25(2)52)36(26-8-4-3-5-9-26)38(45-24)39-46-29-13-12-27(22-31(29)47-39)50-20-18-49(19-21-50)23-34(54)44-17-7-16-43-30-11-6-10-28-37(30)42(57)51(41(28)56)32-14-15-33(53)48-40(32)55/h3-6,8-13,22,32,43,45H,7,14-21,23H2,1-2H3,(H,44,54)(H,46,47)(H,48,53,55). The van der Waals surface area contributed by atoms with Crippen molar-refractivity contribution >= 4 is 57.7 Å². The molecule has 2 fully saturated rings. The fourth-order valence-corrected chi connectivity index (χ4v) is 8.07. The van der Waals surface area contributed by atoms with E-state index in [1.54, 1.807) is 25.1 Å². The van der Waals surface area contributed by atoms with E-state index in [2.05, 4.69) is 47.9 Å². The van der Waals surface area contributed by atoms with Crippen molar-refractivity contribution in [2.45, 2.75) is 39.2 Å². The average Bonchev–Trinajstić information content (AvgIpc) is 3.86. The number of aromatic nitrogens is 3. The van der Waals surface area contributed by atoms with Crippen LogP contribution in [0.5, 0.6) is 0 Å². The molecule has 292 valence electrons. The quantitative estimate of drug-likeness (QED) is 0.0707. The highest BCUT2D eigenvalue weighted by Gasteiger charge is 2.45. The second-order valence-corrected chi connectivity index (χ2v) is 14.7. The van der Waals surface area contributed by atoms with E-state index >= 15 is 0 Å². The minimum absolute atomic E-state index is 0.00769. The molecule has 3 aliphatic rings. The van der Waals surface area contributed by atoms with Crippen LogP contribution >= 0.6 is 0 Å². The highest BCUT2D eigenvalue weighted by molar-refractivity contribution is 6.25. The van der Waals surface area contributed by atoms with Crippen LogP contribution in [0.2, 0.25) is 0 Å². The van der Waals surface area contributed by atoms with Crippen LogP contribution in [0.4, 0.5) is 11.4 Å². The van der Waals surface area contributed by atoms with Crippen LogP contribution in [-0.4, -0.2) is 112 Å². The molecular weight excluding hydrogens is 727 g/mol. The maximum atomic E-state index is 13.3. The van der Waals surface area contributed by atoms with Crippen LogP contribution in [0, 0.1) is 6.92 Å². The number of H-pyrrole nitrogens is 2. The van der Waals surface area contributed by atoms with Gasteiger partial charge in [-0.2, -0.15) is 0 Å². The number of aryl methyl sites for hydroxylation is 1. The molecule has 57 heavy (non-hydrogen) atoms. The summed E-state index contributed by atoms with van der Waals surface area (Å²) in [7, 11) is 0. The Morgan fingerprint density at radius 3 is 2.42 bits per heavy atom. The Morgan fingerprint density at radius 2 is 1.67 bits per heavy atom. The monoisotopic (exact) mass is 769 g/mol. The Kier molecular flexibility index (Phi) is 10.1. The Labute approximate surface area is 328 Å². The van der Waals surface area contributed by atoms with Crippen LogP contribution in [0.1, 0.15) is 63.0 Å². The van der Waals surface area contributed by atoms with Gasteiger partial charge in [0.2, 0.25) is 17.7 Å². The van der Waals surface area contributed by atoms with E-state index in [4.69, 9.17) is 4.98 Å². The Bertz CT molecular complexity index is 2430. The van der Waals surface area contributed by atoms with Gasteiger partial charge in [0.15, 0.2) is 11.6 Å². The van der Waals surface area contributed by atoms with Crippen LogP contribution in [0.25, 0.3) is 33.7 Å². The molecular formula is C42H43N9O6. The van der Waals surface area contributed by atoms with Crippen LogP contribution in [0.15, 0.2) is 66.7 Å². The smallest absolute Gasteiger partial charge is 0.264 e. The number of hydrogen-bond acceptors (Lipinski definition) is 10. The molecule has 2 aromatic heterocycles. The van der Waals surface area contributed by atoms with E-state index in [1.165, 1.54) is 0 Å². The molecule has 3 aliphatic heterocycles. The molecule has 5 N–H and O–H groups in total. The number of aromatic amines is 2. The number of carbonyl (C=O) groups is 6. The summed E-state index contributed by atoms with van der Waals surface area (Å²) in [6.07, 6.45) is 0.726. The van der Waals surface area contributed by atoms with Gasteiger partial charge in [-0.25, -0.2) is 4.98 Å². The maximum absolute atomic E-state index is 13.3. The molecule has 1 unspecified atom stereocenters. The van der Waals surface area contributed by atoms with Crippen molar-refractivity contribution in [2.24, 2.45) is 0 Å². The molecule has 5 aromatic rings. The number of rotatable bonds is 12. The fraction of sp³-hybridized carbons (Fsp3) is 0.310. The van der Waals surface area contributed by atoms with Gasteiger partial charge in [0, 0.05) is 73.9 Å². The van der Waals surface area contributed by atoms with Gasteiger partial charge in [0.25, 0.3) is 11.8 Å². The molecule has 0 saturated carbocycles. The third-order valence-electron chi connectivity index (χ3n) is 10.9. The topological polar surface area (TPSA) is 193 Å². The van der Waals surface area contributed by atoms with Crippen molar-refractivity contribution in [3.05, 3.63) is 89.1 Å². The predicted octanol–water partition coefficient (Wildman–Crippen LogP) is 3.88. The van der Waals surface area contributed by atoms with Crippen molar-refractivity contribution in [3.63, 3.8) is 0 Å². The number of nitrogens with zero attached hydrogens (tertiary/aromatic N) is 4. The molecule has 1 atom stereocenters. The number of piperazine rings is 1. The number of imide groups is 2. The molecule has 15 heteroatoms. The molecule has 3 aromatic carbocycles. The van der Waals surface area contributed by atoms with Crippen molar-refractivity contribution in [1.29, 1.82) is 0 Å². The fourth-order valence-electron chi connectivity index (χ4n) is 8.07. The summed E-state index contributed by atoms with van der Waals surface area (Å²) < 4.78 is 0. The lowest BCUT2D eigenvalue weighted by Gasteiger charge is -2.35. The van der Waals surface area contributed by atoms with E-state index in [1.807, 2.05) is 43.3 Å². The number of Topliss-reactive ketones (excluding diaryl/α,β-unsaturated/α-hetero) is 1. The maximum Gasteiger partial charge on any atom is 0.264 e. The molecule has 0 aliphatic carbocycles. The first-order valence-electron chi connectivity index (χ1n) is 19.2. The molecule has 0 radical (unpaired) electrons. The number of piperidine rings is 1. The SMILES string of the molecule is CC(=O)c1c(C)[nH]c(-c2nc3ccc(N4CCN(CC(=O)NCCCNc5cccc6c5C(=O)N(C5CCC(=O)NC5=O)C6=O)CC4)cc3[nH]2)c1-c1ccccc1. The van der Waals surface area contributed by atoms with Gasteiger partial charge in [-0.05, 0) is 62.6 Å². The summed E-state index contributed by atoms with van der Waals surface area (Å²) >= 11 is 0. The van der Waals surface area contributed by atoms with Crippen LogP contribution in [0.3, 0.4) is 0 Å². The van der Waals surface area contributed by atoms with E-state index in [0.29, 0.717) is 36.6 Å². The minimum atomic E-state index is -1.03. The number of anilines is 2. The Morgan fingerprint density at radius 1 is 0.877 bits per heavy atom. The van der Waals surface area contributed by atoms with Crippen molar-refractivity contribution in [3.8, 4) is 22.6 Å². The zero-order valence-electron chi connectivity index (χ0n) is 31.7. The number of carbonyl (C=O) groups excluding carboxylic acids is 6. The van der Waals surface area contributed by atoms with Crippen LogP contribution < -0.4 is 20.9 Å². The molecule has 15 nitrogen and oxygen atoms in total. The number of fused-ring (bicyclic) bond motifs is 2. The van der Waals surface area contributed by atoms with Gasteiger partial charge in [-0.15, -0.1) is 0 Å². The highest BCUT2D eigenvalue weighted by Crippen LogP contribution is 2.37. The molecule has 5 amide bonds. The summed E-state index contributed by atoms with van der Waals surface area (Å²) in [6, 6.07) is 19.9. The van der Waals surface area contributed by atoms with E-state index in [0.717, 1.165) is 70.3 Å². The second kappa shape index (κ2) is 15.5. The number of imidazole rings is 1.